The van der Waals surface area contributed by atoms with Gasteiger partial charge in [0, 0.05) is 19.1 Å². The summed E-state index contributed by atoms with van der Waals surface area (Å²) in [6, 6.07) is 8.50. The molecule has 1 unspecified atom stereocenters. The van der Waals surface area contributed by atoms with Gasteiger partial charge in [-0.2, -0.15) is 0 Å². The summed E-state index contributed by atoms with van der Waals surface area (Å²) in [4.78, 5) is 15.7. The van der Waals surface area contributed by atoms with Crippen molar-refractivity contribution in [3.63, 3.8) is 0 Å². The van der Waals surface area contributed by atoms with E-state index < -0.39 is 5.97 Å². The Morgan fingerprint density at radius 1 is 1.35 bits per heavy atom. The zero-order valence-electron chi connectivity index (χ0n) is 12.4. The van der Waals surface area contributed by atoms with Crippen molar-refractivity contribution in [2.75, 3.05) is 27.2 Å². The van der Waals surface area contributed by atoms with Crippen LogP contribution in [-0.4, -0.2) is 54.1 Å². The summed E-state index contributed by atoms with van der Waals surface area (Å²) >= 11 is 0. The molecule has 0 amide bonds. The van der Waals surface area contributed by atoms with E-state index in [1.807, 2.05) is 18.2 Å². The van der Waals surface area contributed by atoms with Crippen molar-refractivity contribution in [2.45, 2.75) is 31.8 Å². The third-order valence-corrected chi connectivity index (χ3v) is 4.06. The summed E-state index contributed by atoms with van der Waals surface area (Å²) in [5.41, 5.74) is 2.08. The van der Waals surface area contributed by atoms with Gasteiger partial charge in [-0.05, 0) is 44.6 Å². The van der Waals surface area contributed by atoms with Crippen molar-refractivity contribution in [2.24, 2.45) is 0 Å². The molecule has 0 saturated carbocycles. The maximum atomic E-state index is 10.9. The Bertz CT molecular complexity index is 460. The SMILES string of the molecule is CN(C)C1CCCN(Cc2ccccc2CC(=O)O)C1. The molecule has 0 bridgehead atoms. The molecule has 20 heavy (non-hydrogen) atoms. The summed E-state index contributed by atoms with van der Waals surface area (Å²) < 4.78 is 0. The van der Waals surface area contributed by atoms with Gasteiger partial charge in [0.25, 0.3) is 0 Å². The summed E-state index contributed by atoms with van der Waals surface area (Å²) in [7, 11) is 4.26. The minimum atomic E-state index is -0.762. The summed E-state index contributed by atoms with van der Waals surface area (Å²) in [5.74, 6) is -0.762. The van der Waals surface area contributed by atoms with E-state index in [-0.39, 0.29) is 6.42 Å². The first-order valence-electron chi connectivity index (χ1n) is 7.23. The molecule has 1 atom stereocenters. The van der Waals surface area contributed by atoms with Crippen LogP contribution in [0.2, 0.25) is 0 Å². The lowest BCUT2D eigenvalue weighted by Gasteiger charge is -2.36. The predicted octanol–water partition coefficient (Wildman–Crippen LogP) is 1.84. The van der Waals surface area contributed by atoms with Crippen molar-refractivity contribution < 1.29 is 9.90 Å². The number of likely N-dealkylation sites (N-methyl/N-ethyl adjacent to an activating group) is 1. The molecule has 0 spiro atoms. The molecule has 1 saturated heterocycles. The van der Waals surface area contributed by atoms with Gasteiger partial charge in [-0.25, -0.2) is 0 Å². The van der Waals surface area contributed by atoms with E-state index in [9.17, 15) is 4.79 Å². The number of carboxylic acid groups (broad SMARTS) is 1. The number of hydrogen-bond acceptors (Lipinski definition) is 3. The van der Waals surface area contributed by atoms with Gasteiger partial charge in [-0.3, -0.25) is 9.69 Å². The molecule has 0 aliphatic carbocycles. The zero-order chi connectivity index (χ0) is 14.5. The Morgan fingerprint density at radius 3 is 2.70 bits per heavy atom. The lowest BCUT2D eigenvalue weighted by Crippen LogP contribution is -2.44. The Labute approximate surface area is 121 Å². The topological polar surface area (TPSA) is 43.8 Å². The summed E-state index contributed by atoms with van der Waals surface area (Å²) in [5, 5.41) is 8.99. The number of piperidine rings is 1. The molecule has 110 valence electrons. The van der Waals surface area contributed by atoms with Crippen molar-refractivity contribution in [1.29, 1.82) is 0 Å². The molecule has 1 aliphatic rings. The average molecular weight is 276 g/mol. The van der Waals surface area contributed by atoms with Crippen LogP contribution in [0.5, 0.6) is 0 Å². The molecule has 1 aliphatic heterocycles. The lowest BCUT2D eigenvalue weighted by molar-refractivity contribution is -0.136. The van der Waals surface area contributed by atoms with Crippen LogP contribution in [0, 0.1) is 0 Å². The molecule has 1 heterocycles. The van der Waals surface area contributed by atoms with Gasteiger partial charge in [0.15, 0.2) is 0 Å². The van der Waals surface area contributed by atoms with E-state index in [1.165, 1.54) is 12.8 Å². The molecule has 1 fully saturated rings. The normalized spacial score (nSPS) is 20.2. The standard InChI is InChI=1S/C16H24N2O2/c1-17(2)15-8-5-9-18(12-15)11-14-7-4-3-6-13(14)10-16(19)20/h3-4,6-7,15H,5,8-12H2,1-2H3,(H,19,20). The molecule has 4 nitrogen and oxygen atoms in total. The van der Waals surface area contributed by atoms with Crippen LogP contribution in [0.4, 0.5) is 0 Å². The molecule has 1 aromatic carbocycles. The lowest BCUT2D eigenvalue weighted by atomic mass is 10.0. The highest BCUT2D eigenvalue weighted by molar-refractivity contribution is 5.70. The summed E-state index contributed by atoms with van der Waals surface area (Å²) in [6.45, 7) is 3.02. The highest BCUT2D eigenvalue weighted by Crippen LogP contribution is 2.18. The Hall–Kier alpha value is -1.39. The van der Waals surface area contributed by atoms with E-state index >= 15 is 0 Å². The molecule has 1 N–H and O–H groups in total. The summed E-state index contributed by atoms with van der Waals surface area (Å²) in [6.07, 6.45) is 2.57. The number of hydrogen-bond donors (Lipinski definition) is 1. The Morgan fingerprint density at radius 2 is 2.05 bits per heavy atom. The monoisotopic (exact) mass is 276 g/mol. The van der Waals surface area contributed by atoms with Crippen molar-refractivity contribution in [3.05, 3.63) is 35.4 Å². The number of rotatable bonds is 5. The van der Waals surface area contributed by atoms with Gasteiger partial charge in [0.2, 0.25) is 0 Å². The van der Waals surface area contributed by atoms with E-state index in [4.69, 9.17) is 5.11 Å². The fourth-order valence-corrected chi connectivity index (χ4v) is 2.88. The number of carboxylic acids is 1. The van der Waals surface area contributed by atoms with Crippen LogP contribution in [0.3, 0.4) is 0 Å². The van der Waals surface area contributed by atoms with Crippen LogP contribution < -0.4 is 0 Å². The molecule has 0 aromatic heterocycles. The van der Waals surface area contributed by atoms with E-state index in [0.717, 1.165) is 30.8 Å². The number of likely N-dealkylation sites (tertiary alicyclic amines) is 1. The highest BCUT2D eigenvalue weighted by atomic mass is 16.4. The Balaban J connectivity index is 2.04. The van der Waals surface area contributed by atoms with Gasteiger partial charge in [0.1, 0.15) is 0 Å². The molecular formula is C16H24N2O2. The maximum Gasteiger partial charge on any atom is 0.307 e. The van der Waals surface area contributed by atoms with Crippen LogP contribution in [0.1, 0.15) is 24.0 Å². The van der Waals surface area contributed by atoms with Gasteiger partial charge in [0.05, 0.1) is 6.42 Å². The zero-order valence-corrected chi connectivity index (χ0v) is 12.4. The third-order valence-electron chi connectivity index (χ3n) is 4.06. The maximum absolute atomic E-state index is 10.9. The number of benzene rings is 1. The van der Waals surface area contributed by atoms with Gasteiger partial charge >= 0.3 is 5.97 Å². The van der Waals surface area contributed by atoms with Gasteiger partial charge < -0.3 is 10.0 Å². The number of nitrogens with zero attached hydrogens (tertiary/aromatic N) is 2. The first-order valence-corrected chi connectivity index (χ1v) is 7.23. The van der Waals surface area contributed by atoms with E-state index in [0.29, 0.717) is 6.04 Å². The predicted molar refractivity (Wildman–Crippen MR) is 79.8 cm³/mol. The minimum Gasteiger partial charge on any atom is -0.481 e. The highest BCUT2D eigenvalue weighted by Gasteiger charge is 2.21. The van der Waals surface area contributed by atoms with Crippen LogP contribution in [0.15, 0.2) is 24.3 Å². The third kappa shape index (κ3) is 4.05. The second-order valence-electron chi connectivity index (χ2n) is 5.83. The van der Waals surface area contributed by atoms with E-state index in [2.05, 4.69) is 30.0 Å². The fourth-order valence-electron chi connectivity index (χ4n) is 2.88. The first-order chi connectivity index (χ1) is 9.56. The van der Waals surface area contributed by atoms with Gasteiger partial charge in [-0.1, -0.05) is 24.3 Å². The second kappa shape index (κ2) is 6.86. The van der Waals surface area contributed by atoms with E-state index in [1.54, 1.807) is 0 Å². The molecule has 0 radical (unpaired) electrons. The van der Waals surface area contributed by atoms with Crippen LogP contribution in [-0.2, 0) is 17.8 Å². The minimum absolute atomic E-state index is 0.112. The Kier molecular flexibility index (Phi) is 5.15. The second-order valence-corrected chi connectivity index (χ2v) is 5.83. The number of carbonyl (C=O) groups is 1. The smallest absolute Gasteiger partial charge is 0.307 e. The fraction of sp³-hybridized carbons (Fsp3) is 0.562. The molecular weight excluding hydrogens is 252 g/mol. The van der Waals surface area contributed by atoms with Gasteiger partial charge in [-0.15, -0.1) is 0 Å². The molecule has 4 heteroatoms. The first kappa shape index (κ1) is 15.0. The van der Waals surface area contributed by atoms with Crippen LogP contribution in [0.25, 0.3) is 0 Å². The van der Waals surface area contributed by atoms with Crippen molar-refractivity contribution in [3.8, 4) is 0 Å². The number of aliphatic carboxylic acids is 1. The largest absolute Gasteiger partial charge is 0.481 e. The molecule has 1 aromatic rings. The molecule has 2 rings (SSSR count). The quantitative estimate of drug-likeness (QED) is 0.891. The van der Waals surface area contributed by atoms with Crippen molar-refractivity contribution >= 4 is 5.97 Å². The van der Waals surface area contributed by atoms with Crippen molar-refractivity contribution in [1.82, 2.24) is 9.80 Å². The average Bonchev–Trinajstić information content (AvgIpc) is 2.41. The van der Waals surface area contributed by atoms with Crippen LogP contribution >= 0.6 is 0 Å².